The Balaban J connectivity index is 2.07. The Morgan fingerprint density at radius 2 is 2.06 bits per heavy atom. The molecule has 0 saturated heterocycles. The van der Waals surface area contributed by atoms with Crippen molar-refractivity contribution in [3.63, 3.8) is 0 Å². The molecule has 0 radical (unpaired) electrons. The van der Waals surface area contributed by atoms with Crippen LogP contribution in [0.1, 0.15) is 31.7 Å². The topological polar surface area (TPSA) is 53.0 Å². The lowest BCUT2D eigenvalue weighted by Gasteiger charge is -2.26. The molecular formula is C14H19N3. The van der Waals surface area contributed by atoms with Crippen LogP contribution >= 0.6 is 0 Å². The Morgan fingerprint density at radius 1 is 1.41 bits per heavy atom. The van der Waals surface area contributed by atoms with Crippen molar-refractivity contribution in [1.29, 1.82) is 5.26 Å². The summed E-state index contributed by atoms with van der Waals surface area (Å²) in [6.07, 6.45) is 3.35. The molecule has 1 aromatic rings. The van der Waals surface area contributed by atoms with Gasteiger partial charge in [0.25, 0.3) is 0 Å². The van der Waals surface area contributed by atoms with Gasteiger partial charge in [0.1, 0.15) is 0 Å². The Hall–Kier alpha value is -1.53. The monoisotopic (exact) mass is 229 g/mol. The van der Waals surface area contributed by atoms with Crippen LogP contribution in [0.3, 0.4) is 0 Å². The van der Waals surface area contributed by atoms with Gasteiger partial charge in [0.05, 0.1) is 12.1 Å². The summed E-state index contributed by atoms with van der Waals surface area (Å²) in [6, 6.07) is 11.0. The molecule has 0 aromatic heterocycles. The SMILES string of the molecule is CCC(C#N)N(Cc1ccc(N)cc1)C1CC1. The van der Waals surface area contributed by atoms with Crippen molar-refractivity contribution < 1.29 is 0 Å². The molecule has 90 valence electrons. The first-order chi connectivity index (χ1) is 8.24. The highest BCUT2D eigenvalue weighted by molar-refractivity contribution is 5.39. The summed E-state index contributed by atoms with van der Waals surface area (Å²) >= 11 is 0. The lowest BCUT2D eigenvalue weighted by molar-refractivity contribution is 0.209. The number of anilines is 1. The molecule has 1 saturated carbocycles. The van der Waals surface area contributed by atoms with Crippen LogP contribution in [-0.2, 0) is 6.54 Å². The third-order valence-electron chi connectivity index (χ3n) is 3.30. The number of nitriles is 1. The van der Waals surface area contributed by atoms with Crippen LogP contribution in [0.15, 0.2) is 24.3 Å². The third kappa shape index (κ3) is 2.98. The van der Waals surface area contributed by atoms with E-state index < -0.39 is 0 Å². The van der Waals surface area contributed by atoms with E-state index in [0.717, 1.165) is 18.7 Å². The number of nitrogen functional groups attached to an aromatic ring is 1. The minimum Gasteiger partial charge on any atom is -0.399 e. The average molecular weight is 229 g/mol. The van der Waals surface area contributed by atoms with E-state index >= 15 is 0 Å². The first-order valence-electron chi connectivity index (χ1n) is 6.24. The lowest BCUT2D eigenvalue weighted by Crippen LogP contribution is -2.35. The van der Waals surface area contributed by atoms with Crippen LogP contribution in [0.5, 0.6) is 0 Å². The molecule has 1 fully saturated rings. The maximum Gasteiger partial charge on any atom is 0.0980 e. The molecule has 0 amide bonds. The van der Waals surface area contributed by atoms with E-state index in [1.165, 1.54) is 18.4 Å². The van der Waals surface area contributed by atoms with Crippen LogP contribution in [0.4, 0.5) is 5.69 Å². The second kappa shape index (κ2) is 5.20. The molecule has 17 heavy (non-hydrogen) atoms. The molecule has 2 N–H and O–H groups in total. The van der Waals surface area contributed by atoms with Crippen molar-refractivity contribution in [2.24, 2.45) is 0 Å². The first-order valence-corrected chi connectivity index (χ1v) is 6.24. The number of nitrogens with zero attached hydrogens (tertiary/aromatic N) is 2. The van der Waals surface area contributed by atoms with Crippen molar-refractivity contribution in [1.82, 2.24) is 4.90 Å². The van der Waals surface area contributed by atoms with Crippen molar-refractivity contribution in [3.8, 4) is 6.07 Å². The van der Waals surface area contributed by atoms with Gasteiger partial charge in [-0.25, -0.2) is 0 Å². The maximum atomic E-state index is 9.18. The number of benzene rings is 1. The summed E-state index contributed by atoms with van der Waals surface area (Å²) in [5, 5.41) is 9.18. The molecule has 0 spiro atoms. The van der Waals surface area contributed by atoms with Gasteiger partial charge in [-0.05, 0) is 37.0 Å². The number of nitrogens with two attached hydrogens (primary N) is 1. The summed E-state index contributed by atoms with van der Waals surface area (Å²) < 4.78 is 0. The molecular weight excluding hydrogens is 210 g/mol. The first kappa shape index (κ1) is 11.9. The van der Waals surface area contributed by atoms with Gasteiger partial charge >= 0.3 is 0 Å². The summed E-state index contributed by atoms with van der Waals surface area (Å²) in [5.41, 5.74) is 7.70. The van der Waals surface area contributed by atoms with Crippen LogP contribution < -0.4 is 5.73 Å². The third-order valence-corrected chi connectivity index (χ3v) is 3.30. The van der Waals surface area contributed by atoms with E-state index in [9.17, 15) is 5.26 Å². The zero-order valence-electron chi connectivity index (χ0n) is 10.3. The Morgan fingerprint density at radius 3 is 2.53 bits per heavy atom. The summed E-state index contributed by atoms with van der Waals surface area (Å²) in [5.74, 6) is 0. The van der Waals surface area contributed by atoms with Gasteiger partial charge in [0, 0.05) is 18.3 Å². The van der Waals surface area contributed by atoms with E-state index in [2.05, 4.69) is 30.0 Å². The van der Waals surface area contributed by atoms with Crippen molar-refractivity contribution in [2.45, 2.75) is 44.8 Å². The van der Waals surface area contributed by atoms with Crippen LogP contribution in [0.25, 0.3) is 0 Å². The highest BCUT2D eigenvalue weighted by Gasteiger charge is 2.33. The molecule has 2 rings (SSSR count). The zero-order chi connectivity index (χ0) is 12.3. The summed E-state index contributed by atoms with van der Waals surface area (Å²) in [6.45, 7) is 2.93. The smallest absolute Gasteiger partial charge is 0.0980 e. The van der Waals surface area contributed by atoms with Gasteiger partial charge < -0.3 is 5.73 Å². The highest BCUT2D eigenvalue weighted by atomic mass is 15.2. The van der Waals surface area contributed by atoms with Crippen LogP contribution in [0, 0.1) is 11.3 Å². The molecule has 1 aromatic carbocycles. The molecule has 1 aliphatic carbocycles. The molecule has 0 bridgehead atoms. The highest BCUT2D eigenvalue weighted by Crippen LogP contribution is 2.30. The maximum absolute atomic E-state index is 9.18. The van der Waals surface area contributed by atoms with Gasteiger partial charge in [0.2, 0.25) is 0 Å². The molecule has 3 heteroatoms. The zero-order valence-corrected chi connectivity index (χ0v) is 10.3. The largest absolute Gasteiger partial charge is 0.399 e. The fraction of sp³-hybridized carbons (Fsp3) is 0.500. The van der Waals surface area contributed by atoms with Gasteiger partial charge in [-0.1, -0.05) is 19.1 Å². The second-order valence-electron chi connectivity index (χ2n) is 4.70. The predicted octanol–water partition coefficient (Wildman–Crippen LogP) is 2.54. The fourth-order valence-corrected chi connectivity index (χ4v) is 2.13. The normalized spacial score (nSPS) is 16.8. The van der Waals surface area contributed by atoms with Gasteiger partial charge in [-0.15, -0.1) is 0 Å². The van der Waals surface area contributed by atoms with Crippen LogP contribution in [0.2, 0.25) is 0 Å². The van der Waals surface area contributed by atoms with Crippen molar-refractivity contribution >= 4 is 5.69 Å². The summed E-state index contributed by atoms with van der Waals surface area (Å²) in [4.78, 5) is 2.32. The Labute approximate surface area is 103 Å². The number of rotatable bonds is 5. The van der Waals surface area contributed by atoms with E-state index in [0.29, 0.717) is 6.04 Å². The van der Waals surface area contributed by atoms with Crippen molar-refractivity contribution in [3.05, 3.63) is 29.8 Å². The molecule has 1 aliphatic rings. The van der Waals surface area contributed by atoms with Crippen LogP contribution in [-0.4, -0.2) is 17.0 Å². The molecule has 1 unspecified atom stereocenters. The predicted molar refractivity (Wildman–Crippen MR) is 69.1 cm³/mol. The van der Waals surface area contributed by atoms with E-state index in [-0.39, 0.29) is 6.04 Å². The molecule has 1 atom stereocenters. The Kier molecular flexibility index (Phi) is 3.65. The lowest BCUT2D eigenvalue weighted by atomic mass is 10.1. The van der Waals surface area contributed by atoms with Gasteiger partial charge in [-0.3, -0.25) is 4.90 Å². The second-order valence-corrected chi connectivity index (χ2v) is 4.70. The molecule has 0 heterocycles. The molecule has 0 aliphatic heterocycles. The van der Waals surface area contributed by atoms with Gasteiger partial charge in [0.15, 0.2) is 0 Å². The van der Waals surface area contributed by atoms with E-state index in [1.54, 1.807) is 0 Å². The average Bonchev–Trinajstić information content (AvgIpc) is 3.16. The minimum atomic E-state index is 0.0417. The summed E-state index contributed by atoms with van der Waals surface area (Å²) in [7, 11) is 0. The molecule has 3 nitrogen and oxygen atoms in total. The number of hydrogen-bond acceptors (Lipinski definition) is 3. The standard InChI is InChI=1S/C14H19N3/c1-2-13(9-15)17(14-7-8-14)10-11-3-5-12(16)6-4-11/h3-6,13-14H,2,7-8,10,16H2,1H3. The quantitative estimate of drug-likeness (QED) is 0.789. The van der Waals surface area contributed by atoms with Crippen molar-refractivity contribution in [2.75, 3.05) is 5.73 Å². The number of hydrogen-bond donors (Lipinski definition) is 1. The van der Waals surface area contributed by atoms with E-state index in [1.807, 2.05) is 12.1 Å². The Bertz CT molecular complexity index is 400. The van der Waals surface area contributed by atoms with Gasteiger partial charge in [-0.2, -0.15) is 5.26 Å². The fourth-order valence-electron chi connectivity index (χ4n) is 2.13. The van der Waals surface area contributed by atoms with E-state index in [4.69, 9.17) is 5.73 Å². The minimum absolute atomic E-state index is 0.0417.